The van der Waals surface area contributed by atoms with Crippen LogP contribution in [0.4, 0.5) is 5.69 Å². The number of hydrogen-bond donors (Lipinski definition) is 1. The Hall–Kier alpha value is -3.31. The maximum Gasteiger partial charge on any atom is 0.265 e. The summed E-state index contributed by atoms with van der Waals surface area (Å²) in [6.07, 6.45) is -0.707. The van der Waals surface area contributed by atoms with Gasteiger partial charge in [-0.15, -0.1) is 0 Å². The van der Waals surface area contributed by atoms with Crippen LogP contribution in [-0.4, -0.2) is 68.5 Å². The third-order valence-electron chi connectivity index (χ3n) is 5.97. The Bertz CT molecular complexity index is 1250. The Morgan fingerprint density at radius 2 is 1.76 bits per heavy atom. The molecule has 2 amide bonds. The number of carbonyl (C=O) groups excluding carboxylic acids is 2. The van der Waals surface area contributed by atoms with E-state index in [0.717, 1.165) is 0 Å². The van der Waals surface area contributed by atoms with Gasteiger partial charge >= 0.3 is 0 Å². The van der Waals surface area contributed by atoms with E-state index in [1.165, 1.54) is 10.4 Å². The molecule has 2 aromatic carbocycles. The Morgan fingerprint density at radius 1 is 1.03 bits per heavy atom. The van der Waals surface area contributed by atoms with Gasteiger partial charge in [0.15, 0.2) is 17.6 Å². The second-order valence-corrected chi connectivity index (χ2v) is 10.0. The number of anilines is 1. The minimum atomic E-state index is -3.81. The van der Waals surface area contributed by atoms with Crippen LogP contribution >= 0.6 is 0 Å². The van der Waals surface area contributed by atoms with E-state index >= 15 is 0 Å². The molecule has 0 spiro atoms. The van der Waals surface area contributed by atoms with Gasteiger partial charge in [-0.05, 0) is 43.7 Å². The first-order valence-corrected chi connectivity index (χ1v) is 12.0. The highest BCUT2D eigenvalue weighted by Gasteiger charge is 2.34. The van der Waals surface area contributed by atoms with Crippen molar-refractivity contribution >= 4 is 27.5 Å². The number of fused-ring (bicyclic) bond motifs is 2. The van der Waals surface area contributed by atoms with Crippen LogP contribution in [0.3, 0.4) is 0 Å². The number of benzene rings is 2. The van der Waals surface area contributed by atoms with Gasteiger partial charge in [0.05, 0.1) is 10.6 Å². The number of aryl methyl sites for hydroxylation is 1. The molecule has 33 heavy (non-hydrogen) atoms. The number of nitrogens with one attached hydrogen (secondary N) is 1. The van der Waals surface area contributed by atoms with Gasteiger partial charge in [-0.25, -0.2) is 8.42 Å². The van der Waals surface area contributed by atoms with Crippen LogP contribution < -0.4 is 19.5 Å². The highest BCUT2D eigenvalue weighted by molar-refractivity contribution is 7.89. The summed E-state index contributed by atoms with van der Waals surface area (Å²) in [5, 5.41) is 2.72. The summed E-state index contributed by atoms with van der Waals surface area (Å²) < 4.78 is 44.3. The molecule has 1 N–H and O–H groups in total. The summed E-state index contributed by atoms with van der Waals surface area (Å²) in [5.74, 6) is 0.982. The van der Waals surface area contributed by atoms with Gasteiger partial charge < -0.3 is 24.4 Å². The molecule has 174 valence electrons. The van der Waals surface area contributed by atoms with Gasteiger partial charge in [0.1, 0.15) is 5.75 Å². The number of amides is 2. The molecule has 3 aliphatic heterocycles. The smallest absolute Gasteiger partial charge is 0.265 e. The second-order valence-electron chi connectivity index (χ2n) is 8.13. The number of ether oxygens (including phenoxy) is 3. The lowest BCUT2D eigenvalue weighted by Gasteiger charge is -2.34. The van der Waals surface area contributed by atoms with Crippen LogP contribution in [-0.2, 0) is 14.8 Å². The first-order chi connectivity index (χ1) is 15.7. The number of piperazine rings is 1. The van der Waals surface area contributed by atoms with E-state index < -0.39 is 16.1 Å². The van der Waals surface area contributed by atoms with E-state index in [2.05, 4.69) is 5.32 Å². The van der Waals surface area contributed by atoms with E-state index in [1.54, 1.807) is 43.0 Å². The van der Waals surface area contributed by atoms with Crippen molar-refractivity contribution < 1.29 is 32.2 Å². The highest BCUT2D eigenvalue weighted by Crippen LogP contribution is 2.36. The largest absolute Gasteiger partial charge is 0.479 e. The van der Waals surface area contributed by atoms with E-state index in [9.17, 15) is 18.0 Å². The van der Waals surface area contributed by atoms with Crippen LogP contribution in [0.5, 0.6) is 17.2 Å². The van der Waals surface area contributed by atoms with E-state index in [1.807, 2.05) is 0 Å². The quantitative estimate of drug-likeness (QED) is 0.720. The molecule has 10 nitrogen and oxygen atoms in total. The van der Waals surface area contributed by atoms with Gasteiger partial charge in [-0.1, -0.05) is 0 Å². The van der Waals surface area contributed by atoms with E-state index in [4.69, 9.17) is 14.2 Å². The lowest BCUT2D eigenvalue weighted by Crippen LogP contribution is -2.50. The summed E-state index contributed by atoms with van der Waals surface area (Å²) in [6, 6.07) is 8.07. The molecule has 3 aliphatic rings. The summed E-state index contributed by atoms with van der Waals surface area (Å²) in [4.78, 5) is 26.5. The highest BCUT2D eigenvalue weighted by atomic mass is 32.2. The monoisotopic (exact) mass is 473 g/mol. The zero-order valence-corrected chi connectivity index (χ0v) is 19.0. The number of sulfonamides is 1. The van der Waals surface area contributed by atoms with Crippen LogP contribution in [0, 0.1) is 6.92 Å². The van der Waals surface area contributed by atoms with Crippen LogP contribution in [0.2, 0.25) is 0 Å². The Morgan fingerprint density at radius 3 is 2.52 bits per heavy atom. The van der Waals surface area contributed by atoms with Crippen molar-refractivity contribution in [3.8, 4) is 17.2 Å². The van der Waals surface area contributed by atoms with Crippen molar-refractivity contribution in [3.05, 3.63) is 41.5 Å². The van der Waals surface area contributed by atoms with Gasteiger partial charge in [0.25, 0.3) is 11.8 Å². The number of nitrogens with zero attached hydrogens (tertiary/aromatic N) is 2. The maximum absolute atomic E-state index is 13.4. The molecule has 0 aliphatic carbocycles. The zero-order chi connectivity index (χ0) is 23.3. The predicted octanol–water partition coefficient (Wildman–Crippen LogP) is 1.59. The topological polar surface area (TPSA) is 114 Å². The number of carbonyl (C=O) groups is 2. The average Bonchev–Trinajstić information content (AvgIpc) is 3.27. The van der Waals surface area contributed by atoms with Crippen molar-refractivity contribution in [2.75, 3.05) is 38.3 Å². The Labute approximate surface area is 191 Å². The van der Waals surface area contributed by atoms with E-state index in [-0.39, 0.29) is 49.7 Å². The Balaban J connectivity index is 1.31. The molecular weight excluding hydrogens is 450 g/mol. The molecule has 1 atom stereocenters. The molecule has 11 heteroatoms. The molecular formula is C22H23N3O7S. The van der Waals surface area contributed by atoms with Gasteiger partial charge in [0.2, 0.25) is 16.8 Å². The molecule has 1 fully saturated rings. The van der Waals surface area contributed by atoms with Crippen molar-refractivity contribution in [1.82, 2.24) is 9.21 Å². The first-order valence-electron chi connectivity index (χ1n) is 10.6. The standard InChI is InChI=1S/C22H23N3O7S/c1-13-9-16-18(32-14(2)21(26)23-16)11-20(13)33(28,29)25-7-5-24(6-8-25)22(27)15-3-4-17-19(10-15)31-12-30-17/h3-4,9-11,14H,5-8,12H2,1-2H3,(H,23,26)/t14-/m0/s1. The molecule has 1 saturated heterocycles. The number of hydrogen-bond acceptors (Lipinski definition) is 7. The van der Waals surface area contributed by atoms with Crippen LogP contribution in [0.15, 0.2) is 35.2 Å². The predicted molar refractivity (Wildman–Crippen MR) is 117 cm³/mol. The molecule has 0 bridgehead atoms. The van der Waals surface area contributed by atoms with Gasteiger partial charge in [0, 0.05) is 37.8 Å². The van der Waals surface area contributed by atoms with Gasteiger partial charge in [-0.2, -0.15) is 4.31 Å². The second kappa shape index (κ2) is 7.92. The number of rotatable bonds is 3. The fourth-order valence-corrected chi connectivity index (χ4v) is 5.75. The molecule has 0 unspecified atom stereocenters. The third-order valence-corrected chi connectivity index (χ3v) is 8.01. The summed E-state index contributed by atoms with van der Waals surface area (Å²) in [6.45, 7) is 4.27. The molecule has 3 heterocycles. The van der Waals surface area contributed by atoms with Crippen molar-refractivity contribution in [3.63, 3.8) is 0 Å². The van der Waals surface area contributed by atoms with Crippen molar-refractivity contribution in [2.24, 2.45) is 0 Å². The third kappa shape index (κ3) is 3.76. The molecule has 2 aromatic rings. The molecule has 0 radical (unpaired) electrons. The molecule has 5 rings (SSSR count). The first kappa shape index (κ1) is 21.5. The van der Waals surface area contributed by atoms with E-state index in [0.29, 0.717) is 34.1 Å². The SMILES string of the molecule is Cc1cc2c(cc1S(=O)(=O)N1CCN(C(=O)c3ccc4c(c3)OCO4)CC1)O[C@@H](C)C(=O)N2. The zero-order valence-electron chi connectivity index (χ0n) is 18.2. The summed E-state index contributed by atoms with van der Waals surface area (Å²) >= 11 is 0. The fourth-order valence-electron chi connectivity index (χ4n) is 4.10. The minimum Gasteiger partial charge on any atom is -0.479 e. The summed E-state index contributed by atoms with van der Waals surface area (Å²) in [7, 11) is -3.81. The summed E-state index contributed by atoms with van der Waals surface area (Å²) in [5.41, 5.74) is 1.43. The van der Waals surface area contributed by atoms with Gasteiger partial charge in [-0.3, -0.25) is 9.59 Å². The van der Waals surface area contributed by atoms with Crippen LogP contribution in [0.1, 0.15) is 22.8 Å². The van der Waals surface area contributed by atoms with Crippen LogP contribution in [0.25, 0.3) is 0 Å². The van der Waals surface area contributed by atoms with Crippen molar-refractivity contribution in [1.29, 1.82) is 0 Å². The van der Waals surface area contributed by atoms with Crippen molar-refractivity contribution in [2.45, 2.75) is 24.8 Å². The fraction of sp³-hybridized carbons (Fsp3) is 0.364. The average molecular weight is 474 g/mol. The molecule has 0 saturated carbocycles. The lowest BCUT2D eigenvalue weighted by molar-refractivity contribution is -0.122. The lowest BCUT2D eigenvalue weighted by atomic mass is 10.1. The maximum atomic E-state index is 13.4. The Kier molecular flexibility index (Phi) is 5.17. The molecule has 0 aromatic heterocycles. The normalized spacial score (nSPS) is 20.1. The minimum absolute atomic E-state index is 0.125.